The topological polar surface area (TPSA) is 66.6 Å². The summed E-state index contributed by atoms with van der Waals surface area (Å²) < 4.78 is 1.74. The summed E-state index contributed by atoms with van der Waals surface area (Å²) >= 11 is 5.94. The highest BCUT2D eigenvalue weighted by molar-refractivity contribution is 6.30. The first-order chi connectivity index (χ1) is 8.52. The van der Waals surface area contributed by atoms with Gasteiger partial charge in [0.2, 0.25) is 0 Å². The molecule has 0 aromatic carbocycles. The van der Waals surface area contributed by atoms with Gasteiger partial charge in [0.15, 0.2) is 5.69 Å². The van der Waals surface area contributed by atoms with Crippen molar-refractivity contribution < 1.29 is 9.90 Å². The van der Waals surface area contributed by atoms with Gasteiger partial charge >= 0.3 is 5.97 Å². The number of carboxylic acid groups (broad SMARTS) is 1. The van der Waals surface area contributed by atoms with Crippen LogP contribution in [-0.2, 0) is 6.42 Å². The molecular formula is C12H14ClN3O2. The molecule has 0 saturated heterocycles. The molecule has 0 spiro atoms. The number of fused-ring (bicyclic) bond motifs is 1. The van der Waals surface area contributed by atoms with E-state index >= 15 is 0 Å². The molecule has 0 saturated carbocycles. The molecule has 2 heterocycles. The van der Waals surface area contributed by atoms with Crippen LogP contribution in [0.2, 0.25) is 5.02 Å². The highest BCUT2D eigenvalue weighted by Crippen LogP contribution is 2.18. The third-order valence-corrected chi connectivity index (χ3v) is 3.08. The van der Waals surface area contributed by atoms with Gasteiger partial charge in [0.1, 0.15) is 5.82 Å². The molecule has 0 fully saturated rings. The first kappa shape index (κ1) is 12.9. The van der Waals surface area contributed by atoms with Crippen LogP contribution in [-0.4, -0.2) is 33.6 Å². The lowest BCUT2D eigenvalue weighted by atomic mass is 10.2. The number of aromatic carboxylic acids is 1. The van der Waals surface area contributed by atoms with Crippen molar-refractivity contribution in [1.29, 1.82) is 0 Å². The molecule has 2 aromatic rings. The van der Waals surface area contributed by atoms with Gasteiger partial charge in [-0.3, -0.25) is 0 Å². The molecule has 1 atom stereocenters. The predicted molar refractivity (Wildman–Crippen MR) is 69.4 cm³/mol. The van der Waals surface area contributed by atoms with Crippen molar-refractivity contribution in [2.45, 2.75) is 19.4 Å². The maximum absolute atomic E-state index is 11.1. The Balaban J connectivity index is 2.58. The third-order valence-electron chi connectivity index (χ3n) is 2.86. The standard InChI is InChI=1S/C12H14ClN3O2/c1-7(14-2)5-10-15-11(12(17)18)9-4-3-8(13)6-16(9)10/h3-4,6-7,14H,5H2,1-2H3,(H,17,18). The van der Waals surface area contributed by atoms with Gasteiger partial charge in [-0.1, -0.05) is 11.6 Å². The van der Waals surface area contributed by atoms with Crippen LogP contribution in [0.25, 0.3) is 5.52 Å². The van der Waals surface area contributed by atoms with E-state index in [9.17, 15) is 4.79 Å². The highest BCUT2D eigenvalue weighted by Gasteiger charge is 2.17. The van der Waals surface area contributed by atoms with E-state index in [0.29, 0.717) is 22.8 Å². The number of carboxylic acids is 1. The number of nitrogens with zero attached hydrogens (tertiary/aromatic N) is 2. The van der Waals surface area contributed by atoms with Crippen molar-refractivity contribution in [2.24, 2.45) is 0 Å². The number of aromatic nitrogens is 2. The van der Waals surface area contributed by atoms with E-state index in [4.69, 9.17) is 16.7 Å². The summed E-state index contributed by atoms with van der Waals surface area (Å²) in [6, 6.07) is 3.54. The van der Waals surface area contributed by atoms with Gasteiger partial charge in [0, 0.05) is 18.7 Å². The van der Waals surface area contributed by atoms with Crippen molar-refractivity contribution in [1.82, 2.24) is 14.7 Å². The minimum atomic E-state index is -1.03. The Kier molecular flexibility index (Phi) is 3.54. The van der Waals surface area contributed by atoms with E-state index in [1.807, 2.05) is 14.0 Å². The first-order valence-electron chi connectivity index (χ1n) is 5.60. The Labute approximate surface area is 109 Å². The second-order valence-corrected chi connectivity index (χ2v) is 4.61. The van der Waals surface area contributed by atoms with Crippen LogP contribution in [0, 0.1) is 0 Å². The van der Waals surface area contributed by atoms with Crippen LogP contribution in [0.1, 0.15) is 23.2 Å². The number of likely N-dealkylation sites (N-methyl/N-ethyl adjacent to an activating group) is 1. The Morgan fingerprint density at radius 3 is 2.94 bits per heavy atom. The average Bonchev–Trinajstić information content (AvgIpc) is 2.67. The SMILES string of the molecule is CNC(C)Cc1nc(C(=O)O)c2ccc(Cl)cn12. The van der Waals surface area contributed by atoms with Crippen LogP contribution in [0.4, 0.5) is 0 Å². The van der Waals surface area contributed by atoms with Gasteiger partial charge in [-0.25, -0.2) is 9.78 Å². The molecule has 0 aliphatic carbocycles. The summed E-state index contributed by atoms with van der Waals surface area (Å²) in [7, 11) is 1.85. The smallest absolute Gasteiger partial charge is 0.356 e. The number of nitrogens with one attached hydrogen (secondary N) is 1. The van der Waals surface area contributed by atoms with Crippen molar-refractivity contribution >= 4 is 23.1 Å². The summed E-state index contributed by atoms with van der Waals surface area (Å²) in [4.78, 5) is 15.3. The van der Waals surface area contributed by atoms with Crippen molar-refractivity contribution in [3.63, 3.8) is 0 Å². The van der Waals surface area contributed by atoms with Crippen LogP contribution in [0.3, 0.4) is 0 Å². The Morgan fingerprint density at radius 2 is 2.33 bits per heavy atom. The summed E-state index contributed by atoms with van der Waals surface area (Å²) in [6.45, 7) is 2.01. The zero-order valence-electron chi connectivity index (χ0n) is 10.1. The maximum Gasteiger partial charge on any atom is 0.356 e. The number of hydrogen-bond acceptors (Lipinski definition) is 3. The normalized spacial score (nSPS) is 12.8. The minimum absolute atomic E-state index is 0.0602. The van der Waals surface area contributed by atoms with Crippen LogP contribution < -0.4 is 5.32 Å². The molecule has 0 aliphatic heterocycles. The van der Waals surface area contributed by atoms with E-state index in [2.05, 4.69) is 10.3 Å². The molecule has 18 heavy (non-hydrogen) atoms. The molecule has 6 heteroatoms. The molecule has 2 rings (SSSR count). The molecule has 1 unspecified atom stereocenters. The third kappa shape index (κ3) is 2.32. The van der Waals surface area contributed by atoms with Crippen LogP contribution in [0.5, 0.6) is 0 Å². The molecular weight excluding hydrogens is 254 g/mol. The van der Waals surface area contributed by atoms with E-state index in [-0.39, 0.29) is 11.7 Å². The lowest BCUT2D eigenvalue weighted by Gasteiger charge is -2.08. The summed E-state index contributed by atoms with van der Waals surface area (Å²) in [5.41, 5.74) is 0.621. The van der Waals surface area contributed by atoms with E-state index in [1.165, 1.54) is 0 Å². The zero-order valence-corrected chi connectivity index (χ0v) is 10.9. The molecule has 5 nitrogen and oxygen atoms in total. The molecule has 96 valence electrons. The quantitative estimate of drug-likeness (QED) is 0.887. The maximum atomic E-state index is 11.1. The van der Waals surface area contributed by atoms with Crippen LogP contribution in [0.15, 0.2) is 18.3 Å². The number of hydrogen-bond donors (Lipinski definition) is 2. The molecule has 2 aromatic heterocycles. The van der Waals surface area contributed by atoms with Crippen molar-refractivity contribution in [2.75, 3.05) is 7.05 Å². The summed E-state index contributed by atoms with van der Waals surface area (Å²) in [5, 5.41) is 12.8. The number of rotatable bonds is 4. The fraction of sp³-hybridized carbons (Fsp3) is 0.333. The molecule has 0 amide bonds. The number of halogens is 1. The van der Waals surface area contributed by atoms with Gasteiger partial charge in [-0.2, -0.15) is 0 Å². The van der Waals surface area contributed by atoms with E-state index < -0.39 is 5.97 Å². The molecule has 2 N–H and O–H groups in total. The van der Waals surface area contributed by atoms with Gasteiger partial charge in [-0.05, 0) is 26.1 Å². The largest absolute Gasteiger partial charge is 0.476 e. The van der Waals surface area contributed by atoms with E-state index in [1.54, 1.807) is 22.7 Å². The van der Waals surface area contributed by atoms with Gasteiger partial charge in [0.25, 0.3) is 0 Å². The lowest BCUT2D eigenvalue weighted by Crippen LogP contribution is -2.24. The lowest BCUT2D eigenvalue weighted by molar-refractivity contribution is 0.0693. The molecule has 0 radical (unpaired) electrons. The number of pyridine rings is 1. The number of carbonyl (C=O) groups is 1. The fourth-order valence-electron chi connectivity index (χ4n) is 1.80. The Bertz CT molecular complexity index is 594. The van der Waals surface area contributed by atoms with Gasteiger partial charge in [-0.15, -0.1) is 0 Å². The average molecular weight is 268 g/mol. The fourth-order valence-corrected chi connectivity index (χ4v) is 1.96. The van der Waals surface area contributed by atoms with Gasteiger partial charge < -0.3 is 14.8 Å². The highest BCUT2D eigenvalue weighted by atomic mass is 35.5. The van der Waals surface area contributed by atoms with Crippen molar-refractivity contribution in [3.05, 3.63) is 34.9 Å². The predicted octanol–water partition coefficient (Wildman–Crippen LogP) is 1.84. The zero-order chi connectivity index (χ0) is 13.3. The van der Waals surface area contributed by atoms with Gasteiger partial charge in [0.05, 0.1) is 10.5 Å². The monoisotopic (exact) mass is 267 g/mol. The summed E-state index contributed by atoms with van der Waals surface area (Å²) in [6.07, 6.45) is 2.32. The second-order valence-electron chi connectivity index (χ2n) is 4.18. The van der Waals surface area contributed by atoms with Crippen LogP contribution >= 0.6 is 11.6 Å². The summed E-state index contributed by atoms with van der Waals surface area (Å²) in [5.74, 6) is -0.343. The van der Waals surface area contributed by atoms with E-state index in [0.717, 1.165) is 0 Å². The minimum Gasteiger partial charge on any atom is -0.476 e. The molecule has 0 bridgehead atoms. The van der Waals surface area contributed by atoms with Crippen molar-refractivity contribution in [3.8, 4) is 0 Å². The first-order valence-corrected chi connectivity index (χ1v) is 5.97. The Hall–Kier alpha value is -1.59. The number of imidazole rings is 1. The molecule has 0 aliphatic rings. The second kappa shape index (κ2) is 4.96. The Morgan fingerprint density at radius 1 is 1.61 bits per heavy atom.